The lowest BCUT2D eigenvalue weighted by Gasteiger charge is -2.36. The van der Waals surface area contributed by atoms with Crippen molar-refractivity contribution in [2.24, 2.45) is 4.99 Å². The van der Waals surface area contributed by atoms with E-state index in [1.54, 1.807) is 30.4 Å². The van der Waals surface area contributed by atoms with Crippen LogP contribution in [0.25, 0.3) is 0 Å². The number of methoxy groups -OCH3 is 1. The fourth-order valence-corrected chi connectivity index (χ4v) is 4.92. The summed E-state index contributed by atoms with van der Waals surface area (Å²) in [5.74, 6) is 1.97. The minimum Gasteiger partial charge on any atom is -0.497 e. The summed E-state index contributed by atoms with van der Waals surface area (Å²) >= 11 is 3.45. The van der Waals surface area contributed by atoms with E-state index in [2.05, 4.69) is 50.2 Å². The maximum atomic E-state index is 5.31. The molecule has 0 spiro atoms. The normalized spacial score (nSPS) is 21.4. The summed E-state index contributed by atoms with van der Waals surface area (Å²) in [5, 5.41) is 2.10. The summed E-state index contributed by atoms with van der Waals surface area (Å²) < 4.78 is 8.70. The molecule has 2 aliphatic rings. The van der Waals surface area contributed by atoms with Gasteiger partial charge in [0, 0.05) is 32.7 Å². The van der Waals surface area contributed by atoms with Gasteiger partial charge in [-0.1, -0.05) is 18.2 Å². The number of nitrogens with zero attached hydrogens (tertiary/aromatic N) is 3. The number of amidine groups is 1. The third-order valence-corrected chi connectivity index (χ3v) is 6.63. The van der Waals surface area contributed by atoms with Crippen molar-refractivity contribution in [3.8, 4) is 5.75 Å². The van der Waals surface area contributed by atoms with Crippen molar-refractivity contribution in [3.63, 3.8) is 0 Å². The molecule has 7 heteroatoms. The van der Waals surface area contributed by atoms with Crippen LogP contribution in [0.1, 0.15) is 10.4 Å². The van der Waals surface area contributed by atoms with Gasteiger partial charge >= 0.3 is 0 Å². The second-order valence-electron chi connectivity index (χ2n) is 6.48. The molecule has 1 unspecified atom stereocenters. The third-order valence-electron chi connectivity index (χ3n) is 4.83. The molecular weight excluding hydrogens is 364 g/mol. The van der Waals surface area contributed by atoms with Gasteiger partial charge in [-0.05, 0) is 47.5 Å². The smallest absolute Gasteiger partial charge is 0.170 e. The van der Waals surface area contributed by atoms with Crippen LogP contribution in [0.3, 0.4) is 0 Å². The summed E-state index contributed by atoms with van der Waals surface area (Å²) in [5.41, 5.74) is 1.54. The molecular formula is C19H24N4OS2. The Morgan fingerprint density at radius 2 is 2.08 bits per heavy atom. The quantitative estimate of drug-likeness (QED) is 0.771. The van der Waals surface area contributed by atoms with Crippen molar-refractivity contribution in [2.75, 3.05) is 39.8 Å². The maximum absolute atomic E-state index is 5.31. The highest BCUT2D eigenvalue weighted by Crippen LogP contribution is 2.25. The average Bonchev–Trinajstić information content (AvgIpc) is 3.38. The van der Waals surface area contributed by atoms with E-state index < -0.39 is 0 Å². The molecule has 0 aliphatic carbocycles. The highest BCUT2D eigenvalue weighted by atomic mass is 32.2. The van der Waals surface area contributed by atoms with Crippen LogP contribution in [0.4, 0.5) is 0 Å². The largest absolute Gasteiger partial charge is 0.497 e. The Labute approximate surface area is 163 Å². The molecule has 1 saturated heterocycles. The average molecular weight is 389 g/mol. The fourth-order valence-electron chi connectivity index (χ4n) is 3.28. The molecule has 2 aromatic rings. The lowest BCUT2D eigenvalue weighted by molar-refractivity contribution is 0.127. The monoisotopic (exact) mass is 388 g/mol. The number of hydrogen-bond acceptors (Lipinski definition) is 7. The molecule has 1 aromatic heterocycles. The van der Waals surface area contributed by atoms with E-state index in [-0.39, 0.29) is 5.50 Å². The summed E-state index contributed by atoms with van der Waals surface area (Å²) in [7, 11) is 1.72. The van der Waals surface area contributed by atoms with E-state index in [0.29, 0.717) is 0 Å². The van der Waals surface area contributed by atoms with E-state index in [4.69, 9.17) is 9.73 Å². The Morgan fingerprint density at radius 1 is 1.19 bits per heavy atom. The van der Waals surface area contributed by atoms with E-state index in [1.165, 1.54) is 10.4 Å². The molecule has 26 heavy (non-hydrogen) atoms. The molecule has 1 atom stereocenters. The first kappa shape index (κ1) is 17.9. The van der Waals surface area contributed by atoms with Crippen molar-refractivity contribution >= 4 is 29.1 Å². The molecule has 4 rings (SSSR count). The van der Waals surface area contributed by atoms with Crippen molar-refractivity contribution in [1.82, 2.24) is 14.5 Å². The van der Waals surface area contributed by atoms with Gasteiger partial charge in [0.05, 0.1) is 12.0 Å². The first-order valence-corrected chi connectivity index (χ1v) is 10.7. The molecule has 0 amide bonds. The molecule has 0 radical (unpaired) electrons. The van der Waals surface area contributed by atoms with Crippen LogP contribution in [0.2, 0.25) is 0 Å². The van der Waals surface area contributed by atoms with Crippen molar-refractivity contribution in [2.45, 2.75) is 11.9 Å². The number of ether oxygens (including phenoxy) is 1. The Bertz CT molecular complexity index is 742. The van der Waals surface area contributed by atoms with Crippen LogP contribution in [0, 0.1) is 0 Å². The van der Waals surface area contributed by atoms with Crippen molar-refractivity contribution < 1.29 is 4.74 Å². The number of piperazine rings is 1. The van der Waals surface area contributed by atoms with E-state index in [0.717, 1.165) is 50.7 Å². The number of benzene rings is 1. The van der Waals surface area contributed by atoms with Gasteiger partial charge in [0.25, 0.3) is 0 Å². The number of aliphatic imine (C=N–C) groups is 1. The Morgan fingerprint density at radius 3 is 2.85 bits per heavy atom. The number of nitrogens with one attached hydrogen (secondary N) is 1. The molecule has 0 saturated carbocycles. The molecule has 1 fully saturated rings. The third kappa shape index (κ3) is 4.23. The fraction of sp³-hybridized carbons (Fsp3) is 0.421. The highest BCUT2D eigenvalue weighted by Gasteiger charge is 2.28. The Hall–Kier alpha value is -1.54. The van der Waals surface area contributed by atoms with Crippen LogP contribution in [-0.4, -0.2) is 61.0 Å². The van der Waals surface area contributed by atoms with Crippen molar-refractivity contribution in [3.05, 3.63) is 52.2 Å². The van der Waals surface area contributed by atoms with Crippen LogP contribution in [-0.2, 0) is 6.42 Å². The minimum atomic E-state index is 0.202. The molecule has 5 nitrogen and oxygen atoms in total. The van der Waals surface area contributed by atoms with Gasteiger partial charge in [-0.15, -0.1) is 11.3 Å². The first-order chi connectivity index (χ1) is 12.8. The molecule has 2 aliphatic heterocycles. The second kappa shape index (κ2) is 8.43. The standard InChI is InChI=1S/C19H24N4OS2/c1-24-16-5-2-4-15(14-16)7-8-22-9-11-23(12-10-22)19-20-18(21-26-19)17-6-3-13-25-17/h2-6,13-14,19H,7-12H2,1H3,(H,20,21). The lowest BCUT2D eigenvalue weighted by atomic mass is 10.1. The predicted molar refractivity (Wildman–Crippen MR) is 110 cm³/mol. The zero-order valence-corrected chi connectivity index (χ0v) is 16.6. The number of rotatable bonds is 6. The van der Waals surface area contributed by atoms with Gasteiger partial charge in [0.1, 0.15) is 5.75 Å². The van der Waals surface area contributed by atoms with E-state index >= 15 is 0 Å². The van der Waals surface area contributed by atoms with Crippen LogP contribution >= 0.6 is 23.3 Å². The van der Waals surface area contributed by atoms with E-state index in [9.17, 15) is 0 Å². The van der Waals surface area contributed by atoms with Gasteiger partial charge < -0.3 is 14.4 Å². The maximum Gasteiger partial charge on any atom is 0.170 e. The second-order valence-corrected chi connectivity index (χ2v) is 8.29. The lowest BCUT2D eigenvalue weighted by Crippen LogP contribution is -2.49. The minimum absolute atomic E-state index is 0.202. The van der Waals surface area contributed by atoms with Gasteiger partial charge in [-0.3, -0.25) is 4.90 Å². The molecule has 0 bridgehead atoms. The van der Waals surface area contributed by atoms with Crippen LogP contribution < -0.4 is 9.46 Å². The summed E-state index contributed by atoms with van der Waals surface area (Å²) in [6.07, 6.45) is 1.07. The van der Waals surface area contributed by atoms with Gasteiger partial charge in [-0.2, -0.15) is 0 Å². The summed E-state index contributed by atoms with van der Waals surface area (Å²) in [4.78, 5) is 11.1. The van der Waals surface area contributed by atoms with Gasteiger partial charge in [0.15, 0.2) is 11.3 Å². The van der Waals surface area contributed by atoms with Gasteiger partial charge in [-0.25, -0.2) is 4.99 Å². The molecule has 138 valence electrons. The first-order valence-electron chi connectivity index (χ1n) is 8.94. The molecule has 1 N–H and O–H groups in total. The van der Waals surface area contributed by atoms with Crippen LogP contribution in [0.5, 0.6) is 5.75 Å². The Balaban J connectivity index is 1.25. The molecule has 3 heterocycles. The zero-order chi connectivity index (χ0) is 17.8. The topological polar surface area (TPSA) is 40.1 Å². The van der Waals surface area contributed by atoms with Crippen molar-refractivity contribution in [1.29, 1.82) is 0 Å². The number of thiophene rings is 1. The Kier molecular flexibility index (Phi) is 5.79. The summed E-state index contributed by atoms with van der Waals surface area (Å²) in [6, 6.07) is 12.6. The predicted octanol–water partition coefficient (Wildman–Crippen LogP) is 2.90. The van der Waals surface area contributed by atoms with Gasteiger partial charge in [0.2, 0.25) is 0 Å². The zero-order valence-electron chi connectivity index (χ0n) is 14.9. The highest BCUT2D eigenvalue weighted by molar-refractivity contribution is 7.98. The van der Waals surface area contributed by atoms with Crippen LogP contribution in [0.15, 0.2) is 46.8 Å². The van der Waals surface area contributed by atoms with E-state index in [1.807, 2.05) is 6.07 Å². The molecule has 1 aromatic carbocycles. The number of hydrogen-bond donors (Lipinski definition) is 1. The SMILES string of the molecule is COc1cccc(CCN2CCN(C3N=C(c4cccs4)NS3)CC2)c1. The summed E-state index contributed by atoms with van der Waals surface area (Å²) in [6.45, 7) is 5.44.